The van der Waals surface area contributed by atoms with Crippen LogP contribution in [-0.4, -0.2) is 30.0 Å². The molecule has 0 saturated heterocycles. The molecule has 1 aliphatic carbocycles. The highest BCUT2D eigenvalue weighted by molar-refractivity contribution is 5.14. The molecule has 1 aliphatic rings. The third-order valence-corrected chi connectivity index (χ3v) is 3.38. The molecule has 0 bridgehead atoms. The lowest BCUT2D eigenvalue weighted by atomic mass is 9.92. The van der Waals surface area contributed by atoms with Crippen LogP contribution in [0.2, 0.25) is 0 Å². The van der Waals surface area contributed by atoms with Crippen molar-refractivity contribution in [2.75, 3.05) is 14.1 Å². The predicted octanol–water partition coefficient (Wildman–Crippen LogP) is 1.79. The molecule has 3 nitrogen and oxygen atoms in total. The van der Waals surface area contributed by atoms with Crippen LogP contribution in [0.1, 0.15) is 30.5 Å². The van der Waals surface area contributed by atoms with Crippen molar-refractivity contribution in [1.29, 1.82) is 0 Å². The Balaban J connectivity index is 1.88. The number of rotatable bonds is 5. The quantitative estimate of drug-likeness (QED) is 0.818. The van der Waals surface area contributed by atoms with Gasteiger partial charge in [-0.05, 0) is 38.6 Å². The fraction of sp³-hybridized carbons (Fsp3) is 0.615. The average Bonchev–Trinajstić information content (AvgIpc) is 2.18. The first-order chi connectivity index (χ1) is 7.79. The number of aromatic nitrogens is 1. The van der Waals surface area contributed by atoms with E-state index >= 15 is 0 Å². The van der Waals surface area contributed by atoms with Gasteiger partial charge in [-0.3, -0.25) is 9.88 Å². The summed E-state index contributed by atoms with van der Waals surface area (Å²) in [6.45, 7) is 1.87. The number of nitrogens with one attached hydrogen (secondary N) is 1. The Labute approximate surface area is 97.9 Å². The third-order valence-electron chi connectivity index (χ3n) is 3.38. The van der Waals surface area contributed by atoms with Gasteiger partial charge in [0.05, 0.1) is 5.69 Å². The van der Waals surface area contributed by atoms with Crippen molar-refractivity contribution in [1.82, 2.24) is 15.2 Å². The summed E-state index contributed by atoms with van der Waals surface area (Å²) < 4.78 is 0. The van der Waals surface area contributed by atoms with E-state index in [0.29, 0.717) is 0 Å². The van der Waals surface area contributed by atoms with Crippen molar-refractivity contribution >= 4 is 0 Å². The van der Waals surface area contributed by atoms with E-state index in [4.69, 9.17) is 0 Å². The Morgan fingerprint density at radius 1 is 1.44 bits per heavy atom. The van der Waals surface area contributed by atoms with E-state index in [1.54, 1.807) is 0 Å². The van der Waals surface area contributed by atoms with Crippen LogP contribution in [0, 0.1) is 0 Å². The molecule has 0 aliphatic heterocycles. The van der Waals surface area contributed by atoms with Crippen LogP contribution in [0.25, 0.3) is 0 Å². The van der Waals surface area contributed by atoms with Gasteiger partial charge in [0, 0.05) is 25.3 Å². The van der Waals surface area contributed by atoms with Crippen molar-refractivity contribution in [3.8, 4) is 0 Å². The fourth-order valence-electron chi connectivity index (χ4n) is 2.07. The van der Waals surface area contributed by atoms with Gasteiger partial charge in [0.2, 0.25) is 0 Å². The molecule has 0 amide bonds. The van der Waals surface area contributed by atoms with Gasteiger partial charge < -0.3 is 5.32 Å². The molecule has 0 unspecified atom stereocenters. The van der Waals surface area contributed by atoms with Crippen molar-refractivity contribution in [3.05, 3.63) is 29.6 Å². The molecular formula is C13H21N3. The average molecular weight is 219 g/mol. The molecule has 2 rings (SSSR count). The lowest BCUT2D eigenvalue weighted by Crippen LogP contribution is -2.36. The van der Waals surface area contributed by atoms with Gasteiger partial charge in [-0.1, -0.05) is 12.5 Å². The van der Waals surface area contributed by atoms with E-state index in [-0.39, 0.29) is 0 Å². The largest absolute Gasteiger partial charge is 0.316 e. The standard InChI is InChI=1S/C13H21N3/c1-14-8-11-6-7-12(15-9-11)10-16(2)13-4-3-5-13/h6-7,9,13-14H,3-5,8,10H2,1-2H3. The SMILES string of the molecule is CNCc1ccc(CN(C)C2CCC2)nc1. The molecule has 1 aromatic heterocycles. The normalized spacial score (nSPS) is 16.4. The Morgan fingerprint density at radius 2 is 2.25 bits per heavy atom. The van der Waals surface area contributed by atoms with Gasteiger partial charge in [0.25, 0.3) is 0 Å². The van der Waals surface area contributed by atoms with Crippen molar-refractivity contribution < 1.29 is 0 Å². The minimum atomic E-state index is 0.791. The molecule has 0 spiro atoms. The maximum Gasteiger partial charge on any atom is 0.0544 e. The lowest BCUT2D eigenvalue weighted by molar-refractivity contribution is 0.151. The monoisotopic (exact) mass is 219 g/mol. The number of pyridine rings is 1. The van der Waals surface area contributed by atoms with Gasteiger partial charge in [-0.15, -0.1) is 0 Å². The molecule has 16 heavy (non-hydrogen) atoms. The highest BCUT2D eigenvalue weighted by Gasteiger charge is 2.21. The molecule has 88 valence electrons. The molecule has 0 radical (unpaired) electrons. The first-order valence-corrected chi connectivity index (χ1v) is 6.08. The zero-order chi connectivity index (χ0) is 11.4. The Morgan fingerprint density at radius 3 is 2.75 bits per heavy atom. The summed E-state index contributed by atoms with van der Waals surface area (Å²) >= 11 is 0. The summed E-state index contributed by atoms with van der Waals surface area (Å²) in [5.41, 5.74) is 2.42. The third kappa shape index (κ3) is 2.80. The second-order valence-corrected chi connectivity index (χ2v) is 4.69. The van der Waals surface area contributed by atoms with Crippen LogP contribution >= 0.6 is 0 Å². The maximum absolute atomic E-state index is 4.50. The van der Waals surface area contributed by atoms with Gasteiger partial charge in [0.15, 0.2) is 0 Å². The second kappa shape index (κ2) is 5.41. The zero-order valence-electron chi connectivity index (χ0n) is 10.2. The lowest BCUT2D eigenvalue weighted by Gasteiger charge is -2.34. The van der Waals surface area contributed by atoms with Crippen molar-refractivity contribution in [3.63, 3.8) is 0 Å². The minimum absolute atomic E-state index is 0.791. The molecular weight excluding hydrogens is 198 g/mol. The molecule has 1 N–H and O–H groups in total. The van der Waals surface area contributed by atoms with E-state index in [2.05, 4.69) is 34.4 Å². The van der Waals surface area contributed by atoms with Crippen LogP contribution in [0.15, 0.2) is 18.3 Å². The van der Waals surface area contributed by atoms with Crippen LogP contribution in [-0.2, 0) is 13.1 Å². The van der Waals surface area contributed by atoms with Crippen molar-refractivity contribution in [2.45, 2.75) is 38.4 Å². The van der Waals surface area contributed by atoms with Crippen LogP contribution in [0.5, 0.6) is 0 Å². The van der Waals surface area contributed by atoms with E-state index in [0.717, 1.165) is 19.1 Å². The first kappa shape index (κ1) is 11.6. The summed E-state index contributed by atoms with van der Waals surface area (Å²) in [6.07, 6.45) is 6.08. The summed E-state index contributed by atoms with van der Waals surface area (Å²) in [6, 6.07) is 5.09. The highest BCUT2D eigenvalue weighted by Crippen LogP contribution is 2.24. The van der Waals surface area contributed by atoms with Crippen LogP contribution in [0.4, 0.5) is 0 Å². The molecule has 1 heterocycles. The van der Waals surface area contributed by atoms with Crippen LogP contribution < -0.4 is 5.32 Å². The molecule has 1 aromatic rings. The summed E-state index contributed by atoms with van der Waals surface area (Å²) in [5.74, 6) is 0. The summed E-state index contributed by atoms with van der Waals surface area (Å²) in [5, 5.41) is 3.13. The summed E-state index contributed by atoms with van der Waals surface area (Å²) in [4.78, 5) is 6.92. The highest BCUT2D eigenvalue weighted by atomic mass is 15.1. The van der Waals surface area contributed by atoms with Crippen molar-refractivity contribution in [2.24, 2.45) is 0 Å². The van der Waals surface area contributed by atoms with E-state index < -0.39 is 0 Å². The first-order valence-electron chi connectivity index (χ1n) is 6.08. The fourth-order valence-corrected chi connectivity index (χ4v) is 2.07. The second-order valence-electron chi connectivity index (χ2n) is 4.69. The van der Waals surface area contributed by atoms with Gasteiger partial charge in [-0.2, -0.15) is 0 Å². The Hall–Kier alpha value is -0.930. The Kier molecular flexibility index (Phi) is 3.91. The van der Waals surface area contributed by atoms with Gasteiger partial charge in [0.1, 0.15) is 0 Å². The smallest absolute Gasteiger partial charge is 0.0544 e. The number of nitrogens with zero attached hydrogens (tertiary/aromatic N) is 2. The minimum Gasteiger partial charge on any atom is -0.316 e. The van der Waals surface area contributed by atoms with Crippen LogP contribution in [0.3, 0.4) is 0 Å². The van der Waals surface area contributed by atoms with E-state index in [1.807, 2.05) is 13.2 Å². The summed E-state index contributed by atoms with van der Waals surface area (Å²) in [7, 11) is 4.16. The molecule has 0 atom stereocenters. The molecule has 1 fully saturated rings. The molecule has 0 aromatic carbocycles. The van der Waals surface area contributed by atoms with Gasteiger partial charge in [-0.25, -0.2) is 0 Å². The predicted molar refractivity (Wildman–Crippen MR) is 66.1 cm³/mol. The number of hydrogen-bond donors (Lipinski definition) is 1. The van der Waals surface area contributed by atoms with E-state index in [9.17, 15) is 0 Å². The van der Waals surface area contributed by atoms with Gasteiger partial charge >= 0.3 is 0 Å². The zero-order valence-corrected chi connectivity index (χ0v) is 10.2. The maximum atomic E-state index is 4.50. The topological polar surface area (TPSA) is 28.2 Å². The Bertz CT molecular complexity index is 316. The molecule has 1 saturated carbocycles. The molecule has 3 heteroatoms. The van der Waals surface area contributed by atoms with E-state index in [1.165, 1.54) is 30.5 Å². The number of hydrogen-bond acceptors (Lipinski definition) is 3.